The maximum atomic E-state index is 10.2. The van der Waals surface area contributed by atoms with Crippen LogP contribution >= 0.6 is 0 Å². The van der Waals surface area contributed by atoms with Gasteiger partial charge in [0, 0.05) is 17.8 Å². The van der Waals surface area contributed by atoms with Crippen molar-refractivity contribution < 1.29 is 19.5 Å². The van der Waals surface area contributed by atoms with Crippen molar-refractivity contribution in [2.45, 2.75) is 58.7 Å². The first-order valence-electron chi connectivity index (χ1n) is 11.8. The van der Waals surface area contributed by atoms with Gasteiger partial charge in [-0.3, -0.25) is 0 Å². The number of nitrogens with zero attached hydrogens (tertiary/aromatic N) is 3. The number of likely N-dealkylation sites (N-methyl/N-ethyl adjacent to an activating group) is 1. The van der Waals surface area contributed by atoms with Crippen molar-refractivity contribution in [3.8, 4) is 28.4 Å². The third-order valence-corrected chi connectivity index (χ3v) is 6.43. The summed E-state index contributed by atoms with van der Waals surface area (Å²) < 4.78 is 11.2. The number of aliphatic hydroxyl groups is 2. The maximum absolute atomic E-state index is 10.2. The second kappa shape index (κ2) is 9.82. The Bertz CT molecular complexity index is 1130. The van der Waals surface area contributed by atoms with Gasteiger partial charge in [0.15, 0.2) is 5.82 Å². The normalized spacial score (nSPS) is 20.7. The summed E-state index contributed by atoms with van der Waals surface area (Å²) in [6.45, 7) is 8.39. The van der Waals surface area contributed by atoms with Gasteiger partial charge in [-0.15, -0.1) is 0 Å². The first-order valence-corrected chi connectivity index (χ1v) is 11.8. The quantitative estimate of drug-likeness (QED) is 0.440. The summed E-state index contributed by atoms with van der Waals surface area (Å²) >= 11 is 0. The molecule has 1 saturated carbocycles. The number of nitrogens with one attached hydrogen (secondary N) is 1. The largest absolute Gasteiger partial charge is 0.491 e. The highest BCUT2D eigenvalue weighted by Crippen LogP contribution is 2.40. The molecule has 3 N–H and O–H groups in total. The molecule has 0 spiro atoms. The number of aryl methyl sites for hydroxylation is 2. The molecule has 3 aromatic rings. The SMILES string of the molecule is CNCC(O)COc1cccc(-c2nc(CC3CC(C)(O)C3)c(C)c(-c3c(C)noc3C)n2)c1. The topological polar surface area (TPSA) is 114 Å². The van der Waals surface area contributed by atoms with E-state index in [-0.39, 0.29) is 6.61 Å². The standard InChI is InChI=1S/C26H34N4O4/c1-15-22(9-18-11-26(4,32)12-18)28-25(29-24(15)23-16(2)30-34-17(23)3)19-7-6-8-21(10-19)33-14-20(31)13-27-5/h6-8,10,18,20,27,31-32H,9,11-14H2,1-5H3. The fourth-order valence-electron chi connectivity index (χ4n) is 4.77. The monoisotopic (exact) mass is 466 g/mol. The molecule has 0 radical (unpaired) electrons. The lowest BCUT2D eigenvalue weighted by Crippen LogP contribution is -2.41. The minimum atomic E-state index is -0.596. The fraction of sp³-hybridized carbons (Fsp3) is 0.500. The highest BCUT2D eigenvalue weighted by molar-refractivity contribution is 5.71. The molecular formula is C26H34N4O4. The second-order valence-corrected chi connectivity index (χ2v) is 9.69. The van der Waals surface area contributed by atoms with E-state index >= 15 is 0 Å². The number of aliphatic hydroxyl groups excluding tert-OH is 1. The molecule has 1 aliphatic carbocycles. The van der Waals surface area contributed by atoms with Gasteiger partial charge in [-0.2, -0.15) is 0 Å². The molecule has 1 aromatic carbocycles. The van der Waals surface area contributed by atoms with Gasteiger partial charge in [-0.05, 0) is 77.6 Å². The van der Waals surface area contributed by atoms with Crippen LogP contribution in [-0.4, -0.2) is 57.2 Å². The van der Waals surface area contributed by atoms with Gasteiger partial charge in [0.25, 0.3) is 0 Å². The summed E-state index contributed by atoms with van der Waals surface area (Å²) in [5.74, 6) is 2.35. The van der Waals surface area contributed by atoms with Crippen LogP contribution in [0.1, 0.15) is 42.5 Å². The zero-order chi connectivity index (χ0) is 24.5. The molecule has 8 nitrogen and oxygen atoms in total. The van der Waals surface area contributed by atoms with E-state index in [9.17, 15) is 10.2 Å². The summed E-state index contributed by atoms with van der Waals surface area (Å²) in [7, 11) is 1.79. The molecule has 8 heteroatoms. The molecular weight excluding hydrogens is 432 g/mol. The molecule has 2 heterocycles. The second-order valence-electron chi connectivity index (χ2n) is 9.69. The highest BCUT2D eigenvalue weighted by atomic mass is 16.5. The van der Waals surface area contributed by atoms with Crippen LogP contribution in [0.3, 0.4) is 0 Å². The average molecular weight is 467 g/mol. The first kappa shape index (κ1) is 24.3. The molecule has 1 aliphatic rings. The maximum Gasteiger partial charge on any atom is 0.160 e. The number of benzene rings is 1. The summed E-state index contributed by atoms with van der Waals surface area (Å²) in [6.07, 6.45) is 1.72. The molecule has 0 bridgehead atoms. The van der Waals surface area contributed by atoms with E-state index in [0.29, 0.717) is 24.0 Å². The van der Waals surface area contributed by atoms with E-state index in [1.165, 1.54) is 0 Å². The van der Waals surface area contributed by atoms with Crippen molar-refractivity contribution in [3.63, 3.8) is 0 Å². The van der Waals surface area contributed by atoms with Crippen LogP contribution in [0.2, 0.25) is 0 Å². The van der Waals surface area contributed by atoms with Crippen molar-refractivity contribution in [3.05, 3.63) is 47.0 Å². The predicted molar refractivity (Wildman–Crippen MR) is 130 cm³/mol. The smallest absolute Gasteiger partial charge is 0.160 e. The van der Waals surface area contributed by atoms with E-state index in [1.807, 2.05) is 52.0 Å². The van der Waals surface area contributed by atoms with Gasteiger partial charge in [0.05, 0.1) is 22.6 Å². The van der Waals surface area contributed by atoms with Crippen molar-refractivity contribution >= 4 is 0 Å². The van der Waals surface area contributed by atoms with Crippen LogP contribution in [0.5, 0.6) is 5.75 Å². The number of rotatable bonds is 9. The van der Waals surface area contributed by atoms with Crippen molar-refractivity contribution in [2.24, 2.45) is 5.92 Å². The van der Waals surface area contributed by atoms with E-state index in [1.54, 1.807) is 7.05 Å². The van der Waals surface area contributed by atoms with Gasteiger partial charge in [0.2, 0.25) is 0 Å². The molecule has 1 atom stereocenters. The van der Waals surface area contributed by atoms with Gasteiger partial charge in [0.1, 0.15) is 24.2 Å². The van der Waals surface area contributed by atoms with E-state index in [4.69, 9.17) is 19.2 Å². The Hall–Kier alpha value is -2.81. The zero-order valence-electron chi connectivity index (χ0n) is 20.6. The molecule has 0 aliphatic heterocycles. The molecule has 2 aromatic heterocycles. The van der Waals surface area contributed by atoms with Crippen LogP contribution in [0.15, 0.2) is 28.8 Å². The highest BCUT2D eigenvalue weighted by Gasteiger charge is 2.38. The minimum Gasteiger partial charge on any atom is -0.491 e. The van der Waals surface area contributed by atoms with E-state index in [0.717, 1.165) is 58.8 Å². The Morgan fingerprint density at radius 1 is 1.24 bits per heavy atom. The third-order valence-electron chi connectivity index (χ3n) is 6.43. The Balaban J connectivity index is 1.70. The average Bonchev–Trinajstić information content (AvgIpc) is 3.11. The Labute approximate surface area is 200 Å². The first-order chi connectivity index (χ1) is 16.2. The van der Waals surface area contributed by atoms with Gasteiger partial charge < -0.3 is 24.8 Å². The molecule has 182 valence electrons. The van der Waals surface area contributed by atoms with Crippen LogP contribution in [0.25, 0.3) is 22.6 Å². The summed E-state index contributed by atoms with van der Waals surface area (Å²) in [4.78, 5) is 9.89. The Morgan fingerprint density at radius 3 is 2.65 bits per heavy atom. The summed E-state index contributed by atoms with van der Waals surface area (Å²) in [6, 6.07) is 7.61. The zero-order valence-corrected chi connectivity index (χ0v) is 20.6. The van der Waals surface area contributed by atoms with Gasteiger partial charge in [-0.1, -0.05) is 17.3 Å². The fourth-order valence-corrected chi connectivity index (χ4v) is 4.77. The van der Waals surface area contributed by atoms with Crippen LogP contribution in [0, 0.1) is 26.7 Å². The molecule has 1 unspecified atom stereocenters. The van der Waals surface area contributed by atoms with Crippen molar-refractivity contribution in [1.82, 2.24) is 20.4 Å². The molecule has 34 heavy (non-hydrogen) atoms. The summed E-state index contributed by atoms with van der Waals surface area (Å²) in [5, 5.41) is 27.2. The third kappa shape index (κ3) is 5.29. The van der Waals surface area contributed by atoms with Crippen molar-refractivity contribution in [2.75, 3.05) is 20.2 Å². The van der Waals surface area contributed by atoms with E-state index < -0.39 is 11.7 Å². The van der Waals surface area contributed by atoms with Crippen molar-refractivity contribution in [1.29, 1.82) is 0 Å². The Kier molecular flexibility index (Phi) is 7.02. The number of ether oxygens (including phenoxy) is 1. The number of hydrogen-bond acceptors (Lipinski definition) is 8. The van der Waals surface area contributed by atoms with Gasteiger partial charge in [-0.25, -0.2) is 9.97 Å². The lowest BCUT2D eigenvalue weighted by atomic mass is 9.70. The van der Waals surface area contributed by atoms with Crippen LogP contribution < -0.4 is 10.1 Å². The summed E-state index contributed by atoms with van der Waals surface area (Å²) in [5.41, 5.74) is 4.73. The minimum absolute atomic E-state index is 0.191. The molecule has 0 saturated heterocycles. The lowest BCUT2D eigenvalue weighted by Gasteiger charge is -2.41. The van der Waals surface area contributed by atoms with Crippen LogP contribution in [-0.2, 0) is 6.42 Å². The molecule has 1 fully saturated rings. The number of hydrogen-bond donors (Lipinski definition) is 3. The van der Waals surface area contributed by atoms with E-state index in [2.05, 4.69) is 10.5 Å². The van der Waals surface area contributed by atoms with Crippen LogP contribution in [0.4, 0.5) is 0 Å². The van der Waals surface area contributed by atoms with Gasteiger partial charge >= 0.3 is 0 Å². The Morgan fingerprint density at radius 2 is 2.00 bits per heavy atom. The number of aromatic nitrogens is 3. The lowest BCUT2D eigenvalue weighted by molar-refractivity contribution is -0.0567. The molecule has 4 rings (SSSR count). The molecule has 0 amide bonds. The predicted octanol–water partition coefficient (Wildman–Crippen LogP) is 3.39.